The second-order valence-electron chi connectivity index (χ2n) is 14.5. The van der Waals surface area contributed by atoms with E-state index in [0.29, 0.717) is 28.4 Å². The van der Waals surface area contributed by atoms with Gasteiger partial charge in [-0.2, -0.15) is 5.10 Å². The van der Waals surface area contributed by atoms with Crippen LogP contribution >= 0.6 is 11.3 Å². The van der Waals surface area contributed by atoms with Crippen LogP contribution in [0.5, 0.6) is 0 Å². The van der Waals surface area contributed by atoms with E-state index in [1.807, 2.05) is 54.5 Å². The second kappa shape index (κ2) is 11.6. The number of nitrogens with one attached hydrogen (secondary N) is 1. The lowest BCUT2D eigenvalue weighted by Crippen LogP contribution is -2.48. The van der Waals surface area contributed by atoms with Crippen molar-refractivity contribution in [3.8, 4) is 11.1 Å². The van der Waals surface area contributed by atoms with Crippen molar-refractivity contribution in [2.24, 2.45) is 23.2 Å². The van der Waals surface area contributed by atoms with E-state index in [-0.39, 0.29) is 11.6 Å². The maximum atomic E-state index is 10.5. The van der Waals surface area contributed by atoms with Gasteiger partial charge in [-0.1, -0.05) is 37.3 Å². The smallest absolute Gasteiger partial charge is 0.196 e. The van der Waals surface area contributed by atoms with Gasteiger partial charge in [0.15, 0.2) is 23.1 Å². The zero-order chi connectivity index (χ0) is 32.4. The number of fused-ring (bicyclic) bond motifs is 1. The first-order valence-electron chi connectivity index (χ1n) is 16.8. The molecule has 4 heterocycles. The minimum Gasteiger partial charge on any atom is -0.363 e. The fourth-order valence-corrected chi connectivity index (χ4v) is 9.85. The number of hydrogen-bond acceptors (Lipinski definition) is 10. The molecular weight excluding hydrogens is 609 g/mol. The van der Waals surface area contributed by atoms with Crippen molar-refractivity contribution in [1.29, 1.82) is 0 Å². The first-order chi connectivity index (χ1) is 22.6. The molecule has 4 aromatic heterocycles. The molecule has 10 nitrogen and oxygen atoms in total. The molecule has 4 fully saturated rings. The summed E-state index contributed by atoms with van der Waals surface area (Å²) >= 11 is 1.58. The lowest BCUT2D eigenvalue weighted by molar-refractivity contribution is -0.0638. The number of benzene rings is 1. The molecule has 0 aliphatic heterocycles. The van der Waals surface area contributed by atoms with Crippen LogP contribution in [0.4, 0.5) is 22.6 Å². The van der Waals surface area contributed by atoms with E-state index in [1.165, 1.54) is 38.5 Å². The van der Waals surface area contributed by atoms with Gasteiger partial charge in [0, 0.05) is 36.0 Å². The number of hydrogen-bond donors (Lipinski definition) is 3. The first-order valence-corrected chi connectivity index (χ1v) is 17.6. The maximum Gasteiger partial charge on any atom is 0.196 e. The number of thiazole rings is 1. The number of aliphatic hydroxyl groups is 2. The highest BCUT2D eigenvalue weighted by molar-refractivity contribution is 7.22. The van der Waals surface area contributed by atoms with Crippen LogP contribution in [0, 0.1) is 30.1 Å². The second-order valence-corrected chi connectivity index (χ2v) is 15.6. The Morgan fingerprint density at radius 1 is 0.957 bits per heavy atom. The van der Waals surface area contributed by atoms with Crippen LogP contribution in [0.1, 0.15) is 81.5 Å². The summed E-state index contributed by atoms with van der Waals surface area (Å²) in [5, 5.41) is 39.1. The molecular formula is C36H42N8O2S. The summed E-state index contributed by atoms with van der Waals surface area (Å²) in [6.45, 7) is 7.25. The lowest BCUT2D eigenvalue weighted by atomic mass is 9.49. The minimum absolute atomic E-state index is 0.164. The predicted molar refractivity (Wildman–Crippen MR) is 185 cm³/mol. The molecule has 0 unspecified atom stereocenters. The molecule has 4 bridgehead atoms. The molecule has 5 aromatic rings. The van der Waals surface area contributed by atoms with Crippen LogP contribution in [0.3, 0.4) is 0 Å². The Bertz CT molecular complexity index is 1880. The van der Waals surface area contributed by atoms with Gasteiger partial charge in [-0.3, -0.25) is 4.68 Å². The highest BCUT2D eigenvalue weighted by Crippen LogP contribution is 2.60. The van der Waals surface area contributed by atoms with Crippen molar-refractivity contribution in [1.82, 2.24) is 29.9 Å². The largest absolute Gasteiger partial charge is 0.363 e. The molecule has 1 aromatic carbocycles. The fraction of sp³-hybridized carbons (Fsp3) is 0.472. The van der Waals surface area contributed by atoms with Crippen molar-refractivity contribution in [2.75, 3.05) is 17.3 Å². The topological polar surface area (TPSA) is 125 Å². The monoisotopic (exact) mass is 650 g/mol. The van der Waals surface area contributed by atoms with Gasteiger partial charge in [-0.05, 0) is 105 Å². The summed E-state index contributed by atoms with van der Waals surface area (Å²) in [5.41, 5.74) is 5.07. The van der Waals surface area contributed by atoms with E-state index in [9.17, 15) is 10.2 Å². The van der Waals surface area contributed by atoms with Crippen molar-refractivity contribution in [3.05, 3.63) is 65.6 Å². The van der Waals surface area contributed by atoms with Gasteiger partial charge < -0.3 is 20.4 Å². The lowest BCUT2D eigenvalue weighted by Gasteiger charge is -2.56. The summed E-state index contributed by atoms with van der Waals surface area (Å²) in [5.74, 6) is 4.61. The molecule has 4 aliphatic carbocycles. The van der Waals surface area contributed by atoms with Crippen LogP contribution in [-0.2, 0) is 6.54 Å². The van der Waals surface area contributed by atoms with Gasteiger partial charge in [-0.25, -0.2) is 9.97 Å². The van der Waals surface area contributed by atoms with E-state index in [0.717, 1.165) is 56.5 Å². The van der Waals surface area contributed by atoms with E-state index in [1.54, 1.807) is 11.3 Å². The van der Waals surface area contributed by atoms with E-state index in [4.69, 9.17) is 15.1 Å². The highest BCUT2D eigenvalue weighted by atomic mass is 32.1. The van der Waals surface area contributed by atoms with E-state index >= 15 is 0 Å². The van der Waals surface area contributed by atoms with Gasteiger partial charge in [0.05, 0.1) is 16.4 Å². The molecule has 244 valence electrons. The Morgan fingerprint density at radius 2 is 1.68 bits per heavy atom. The van der Waals surface area contributed by atoms with Crippen LogP contribution in [0.15, 0.2) is 48.7 Å². The van der Waals surface area contributed by atoms with Crippen LogP contribution < -0.4 is 10.2 Å². The minimum atomic E-state index is -1.75. The summed E-state index contributed by atoms with van der Waals surface area (Å²) in [4.78, 5) is 11.3. The van der Waals surface area contributed by atoms with E-state index in [2.05, 4.69) is 47.0 Å². The summed E-state index contributed by atoms with van der Waals surface area (Å²) in [6.07, 6.45) is 8.32. The third-order valence-electron chi connectivity index (χ3n) is 10.8. The van der Waals surface area contributed by atoms with Crippen LogP contribution in [0.2, 0.25) is 0 Å². The maximum absolute atomic E-state index is 10.5. The normalized spacial score (nSPS) is 23.4. The third kappa shape index (κ3) is 5.58. The number of aliphatic hydroxyl groups excluding tert-OH is 1. The summed E-state index contributed by atoms with van der Waals surface area (Å²) in [7, 11) is 1.86. The zero-order valence-corrected chi connectivity index (χ0v) is 28.2. The molecule has 0 atom stereocenters. The molecule has 0 spiro atoms. The average Bonchev–Trinajstić information content (AvgIpc) is 3.61. The molecule has 0 amide bonds. The zero-order valence-electron chi connectivity index (χ0n) is 27.4. The van der Waals surface area contributed by atoms with Gasteiger partial charge >= 0.3 is 0 Å². The predicted octanol–water partition coefficient (Wildman–Crippen LogP) is 7.49. The Hall–Kier alpha value is -3.93. The summed E-state index contributed by atoms with van der Waals surface area (Å²) < 4.78 is 3.26. The molecule has 11 heteroatoms. The summed E-state index contributed by atoms with van der Waals surface area (Å²) in [6, 6.07) is 13.8. The van der Waals surface area contributed by atoms with Gasteiger partial charge in [-0.15, -0.1) is 10.2 Å². The number of aromatic nitrogens is 6. The number of rotatable bonds is 9. The standard InChI is InChI=1S/C36H42N8O2S/c1-20(2)26-14-31(41-42-33(26)40-35-38-28-7-5-6-8-29(28)47-35)43(4)30-10-9-25(32(39-30)34(45)46)27-18-37-44(21(27)3)19-36-15-22-11-23(16-36)13-24(12-22)17-36/h5-10,14,18,20,22-24,34,45-46H,11-13,15-17,19H2,1-4H3,(H,38,40,42). The number of pyridine rings is 1. The molecule has 4 aliphatic rings. The van der Waals surface area contributed by atoms with Crippen molar-refractivity contribution < 1.29 is 10.2 Å². The Labute approximate surface area is 278 Å². The van der Waals surface area contributed by atoms with Crippen molar-refractivity contribution in [2.45, 2.75) is 78.0 Å². The molecule has 4 saturated carbocycles. The average molecular weight is 651 g/mol. The van der Waals surface area contributed by atoms with Crippen molar-refractivity contribution in [3.63, 3.8) is 0 Å². The van der Waals surface area contributed by atoms with Crippen LogP contribution in [0.25, 0.3) is 21.3 Å². The number of nitrogens with zero attached hydrogens (tertiary/aromatic N) is 7. The Morgan fingerprint density at radius 3 is 2.36 bits per heavy atom. The Kier molecular flexibility index (Phi) is 7.53. The van der Waals surface area contributed by atoms with Gasteiger partial charge in [0.25, 0.3) is 0 Å². The quantitative estimate of drug-likeness (QED) is 0.139. The van der Waals surface area contributed by atoms with Gasteiger partial charge in [0.2, 0.25) is 0 Å². The third-order valence-corrected chi connectivity index (χ3v) is 11.8. The highest BCUT2D eigenvalue weighted by Gasteiger charge is 2.51. The SMILES string of the molecule is Cc1c(-c2ccc(N(C)c3cc(C(C)C)c(Nc4nc5ccccc5s4)nn3)nc2C(O)O)cnn1CC12CC3CC(CC(C3)C1)C2. The van der Waals surface area contributed by atoms with Crippen LogP contribution in [-0.4, -0.2) is 47.2 Å². The Balaban J connectivity index is 1.05. The van der Waals surface area contributed by atoms with Crippen molar-refractivity contribution >= 4 is 44.1 Å². The number of anilines is 4. The number of para-hydroxylation sites is 1. The molecule has 9 rings (SSSR count). The molecule has 47 heavy (non-hydrogen) atoms. The van der Waals surface area contributed by atoms with Gasteiger partial charge in [0.1, 0.15) is 11.5 Å². The molecule has 0 radical (unpaired) electrons. The fourth-order valence-electron chi connectivity index (χ4n) is 8.99. The first kappa shape index (κ1) is 30.4. The molecule has 0 saturated heterocycles. The van der Waals surface area contributed by atoms with E-state index < -0.39 is 6.29 Å². The molecule has 3 N–H and O–H groups in total.